The molecule has 4 amide bonds. The maximum Gasteiger partial charge on any atom is 0.254 e. The fraction of sp³-hybridized carbons (Fsp3) is 0.357. The average Bonchev–Trinajstić information content (AvgIpc) is 3.27. The molecule has 0 radical (unpaired) electrons. The molecule has 2 aliphatic heterocycles. The molecule has 2 aliphatic carbocycles. The number of fused-ring (bicyclic) bond motifs is 4. The van der Waals surface area contributed by atoms with Crippen molar-refractivity contribution in [2.75, 3.05) is 17.5 Å². The number of imide groups is 2. The maximum atomic E-state index is 13.9. The van der Waals surface area contributed by atoms with Gasteiger partial charge in [0.25, 0.3) is 11.8 Å². The largest absolute Gasteiger partial charge is 0.508 e. The number of phenols is 1. The summed E-state index contributed by atoms with van der Waals surface area (Å²) in [5.41, 5.74) is 1.23. The molecule has 2 heterocycles. The SMILES string of the molecule is COc1ccc(C2C3=CCC4C(=O)N(c5ccccc5)C(=O)C4C3CC3(Cl)C(=O)N(CBr)C(=O)C23Cl)c(O)c1. The molecule has 6 rings (SSSR count). The first kappa shape index (κ1) is 26.3. The van der Waals surface area contributed by atoms with Crippen LogP contribution in [0.25, 0.3) is 0 Å². The highest BCUT2D eigenvalue weighted by Crippen LogP contribution is 2.66. The van der Waals surface area contributed by atoms with E-state index < -0.39 is 45.2 Å². The summed E-state index contributed by atoms with van der Waals surface area (Å²) >= 11 is 17.6. The molecule has 8 nitrogen and oxygen atoms in total. The first-order valence-corrected chi connectivity index (χ1v) is 14.3. The molecule has 2 saturated heterocycles. The molecule has 1 saturated carbocycles. The van der Waals surface area contributed by atoms with Crippen LogP contribution >= 0.6 is 39.1 Å². The van der Waals surface area contributed by atoms with Crippen molar-refractivity contribution in [3.8, 4) is 11.5 Å². The molecular formula is C28H23BrCl2N2O6. The number of ether oxygens (including phenoxy) is 1. The fourth-order valence-electron chi connectivity index (χ4n) is 6.82. The number of alkyl halides is 3. The van der Waals surface area contributed by atoms with Crippen molar-refractivity contribution in [3.63, 3.8) is 0 Å². The Hall–Kier alpha value is -2.88. The number of halogens is 3. The minimum atomic E-state index is -1.98. The summed E-state index contributed by atoms with van der Waals surface area (Å²) in [6.07, 6.45) is 1.95. The molecule has 4 aliphatic rings. The van der Waals surface area contributed by atoms with Crippen molar-refractivity contribution >= 4 is 68.4 Å². The number of hydrogen-bond donors (Lipinski definition) is 1. The molecule has 3 fully saturated rings. The van der Waals surface area contributed by atoms with E-state index in [1.165, 1.54) is 18.1 Å². The number of phenolic OH excluding ortho intramolecular Hbond substituents is 1. The number of nitrogens with zero attached hydrogens (tertiary/aromatic N) is 2. The number of carbonyl (C=O) groups excluding carboxylic acids is 4. The maximum absolute atomic E-state index is 13.9. The number of amides is 4. The molecule has 39 heavy (non-hydrogen) atoms. The summed E-state index contributed by atoms with van der Waals surface area (Å²) < 4.78 is 5.23. The van der Waals surface area contributed by atoms with Crippen LogP contribution in [-0.2, 0) is 19.2 Å². The Balaban J connectivity index is 1.54. The summed E-state index contributed by atoms with van der Waals surface area (Å²) in [6, 6.07) is 13.3. The lowest BCUT2D eigenvalue weighted by molar-refractivity contribution is -0.138. The molecular weight excluding hydrogens is 611 g/mol. The lowest BCUT2D eigenvalue weighted by atomic mass is 9.56. The van der Waals surface area contributed by atoms with Gasteiger partial charge < -0.3 is 9.84 Å². The highest BCUT2D eigenvalue weighted by molar-refractivity contribution is 9.09. The van der Waals surface area contributed by atoms with Gasteiger partial charge in [0.05, 0.1) is 30.1 Å². The highest BCUT2D eigenvalue weighted by Gasteiger charge is 2.76. The Morgan fingerprint density at radius 3 is 2.38 bits per heavy atom. The number of carbonyl (C=O) groups is 4. The van der Waals surface area contributed by atoms with Crippen molar-refractivity contribution in [3.05, 3.63) is 65.7 Å². The molecule has 0 aromatic heterocycles. The van der Waals surface area contributed by atoms with E-state index >= 15 is 0 Å². The zero-order valence-electron chi connectivity index (χ0n) is 20.6. The molecule has 6 atom stereocenters. The number of anilines is 1. The Kier molecular flexibility index (Phi) is 6.13. The van der Waals surface area contributed by atoms with Crippen LogP contribution in [-0.4, -0.2) is 55.9 Å². The Morgan fingerprint density at radius 1 is 1.03 bits per heavy atom. The molecule has 2 aromatic rings. The molecule has 11 heteroatoms. The third-order valence-corrected chi connectivity index (χ3v) is 10.5. The third kappa shape index (κ3) is 3.36. The van der Waals surface area contributed by atoms with Crippen LogP contribution in [0.3, 0.4) is 0 Å². The third-order valence-electron chi connectivity index (χ3n) is 8.58. The summed E-state index contributed by atoms with van der Waals surface area (Å²) in [5.74, 6) is -5.07. The van der Waals surface area contributed by atoms with Crippen LogP contribution in [0, 0.1) is 17.8 Å². The van der Waals surface area contributed by atoms with Crippen molar-refractivity contribution in [1.82, 2.24) is 4.90 Å². The number of benzene rings is 2. The predicted molar refractivity (Wildman–Crippen MR) is 147 cm³/mol. The van der Waals surface area contributed by atoms with Crippen LogP contribution in [0.4, 0.5) is 5.69 Å². The van der Waals surface area contributed by atoms with Gasteiger partial charge in [-0.2, -0.15) is 0 Å². The predicted octanol–water partition coefficient (Wildman–Crippen LogP) is 4.32. The Bertz CT molecular complexity index is 1470. The van der Waals surface area contributed by atoms with Crippen LogP contribution in [0.2, 0.25) is 0 Å². The van der Waals surface area contributed by atoms with E-state index in [0.29, 0.717) is 17.0 Å². The van der Waals surface area contributed by atoms with Gasteiger partial charge in [-0.05, 0) is 37.0 Å². The summed E-state index contributed by atoms with van der Waals surface area (Å²) in [4.78, 5) is 53.1. The van der Waals surface area contributed by atoms with E-state index in [1.54, 1.807) is 42.5 Å². The second-order valence-corrected chi connectivity index (χ2v) is 12.0. The van der Waals surface area contributed by atoms with E-state index in [0.717, 1.165) is 4.90 Å². The quantitative estimate of drug-likeness (QED) is 0.233. The van der Waals surface area contributed by atoms with Gasteiger partial charge in [0, 0.05) is 17.5 Å². The molecule has 6 unspecified atom stereocenters. The van der Waals surface area contributed by atoms with Gasteiger partial charge in [-0.25, -0.2) is 0 Å². The van der Waals surface area contributed by atoms with Crippen molar-refractivity contribution in [2.45, 2.75) is 28.5 Å². The minimum absolute atomic E-state index is 0.117. The van der Waals surface area contributed by atoms with Crippen molar-refractivity contribution in [2.24, 2.45) is 17.8 Å². The van der Waals surface area contributed by atoms with E-state index in [2.05, 4.69) is 15.9 Å². The number of likely N-dealkylation sites (tertiary alicyclic amines) is 1. The zero-order chi connectivity index (χ0) is 27.9. The minimum Gasteiger partial charge on any atom is -0.508 e. The first-order valence-electron chi connectivity index (χ1n) is 12.4. The summed E-state index contributed by atoms with van der Waals surface area (Å²) in [6.45, 7) is 0. The molecule has 0 spiro atoms. The van der Waals surface area contributed by atoms with E-state index in [1.807, 2.05) is 6.08 Å². The fourth-order valence-corrected chi connectivity index (χ4v) is 8.24. The molecule has 0 bridgehead atoms. The van der Waals surface area contributed by atoms with Gasteiger partial charge in [0.2, 0.25) is 11.8 Å². The van der Waals surface area contributed by atoms with Gasteiger partial charge in [0.1, 0.15) is 11.5 Å². The van der Waals surface area contributed by atoms with E-state index in [9.17, 15) is 24.3 Å². The number of rotatable bonds is 4. The Labute approximate surface area is 242 Å². The second-order valence-electron chi connectivity index (χ2n) is 10.3. The van der Waals surface area contributed by atoms with Gasteiger partial charge in [0.15, 0.2) is 9.75 Å². The second kappa shape index (κ2) is 9.08. The standard InChI is InChI=1S/C28H23BrCl2N2O6/c1-39-15-7-8-17(20(34)11-15)22-16-9-10-18-21(24(36)33(23(18)35)14-5-3-2-4-6-14)19(16)12-27(30)25(37)32(13-29)26(38)28(22,27)31/h2-9,11,18-19,21-22,34H,10,12-13H2,1H3. The normalized spacial score (nSPS) is 33.6. The molecule has 202 valence electrons. The van der Waals surface area contributed by atoms with Crippen LogP contribution in [0.1, 0.15) is 24.3 Å². The number of allylic oxidation sites excluding steroid dienone is 2. The number of methoxy groups -OCH3 is 1. The van der Waals surface area contributed by atoms with Gasteiger partial charge >= 0.3 is 0 Å². The topological polar surface area (TPSA) is 104 Å². The average molecular weight is 634 g/mol. The molecule has 2 aromatic carbocycles. The summed E-state index contributed by atoms with van der Waals surface area (Å²) in [5, 5.41) is 11.1. The van der Waals surface area contributed by atoms with Crippen LogP contribution in [0.5, 0.6) is 11.5 Å². The lowest BCUT2D eigenvalue weighted by Gasteiger charge is -2.50. The number of hydrogen-bond acceptors (Lipinski definition) is 6. The van der Waals surface area contributed by atoms with Crippen LogP contribution in [0.15, 0.2) is 60.2 Å². The zero-order valence-corrected chi connectivity index (χ0v) is 23.7. The van der Waals surface area contributed by atoms with Gasteiger partial charge in [-0.1, -0.05) is 51.8 Å². The van der Waals surface area contributed by atoms with E-state index in [4.69, 9.17) is 27.9 Å². The summed E-state index contributed by atoms with van der Waals surface area (Å²) in [7, 11) is 1.45. The van der Waals surface area contributed by atoms with Gasteiger partial charge in [-0.3, -0.25) is 29.0 Å². The first-order chi connectivity index (χ1) is 18.6. The smallest absolute Gasteiger partial charge is 0.254 e. The number of aromatic hydroxyl groups is 1. The monoisotopic (exact) mass is 632 g/mol. The van der Waals surface area contributed by atoms with Crippen molar-refractivity contribution < 1.29 is 29.0 Å². The number of para-hydroxylation sites is 1. The molecule has 1 N–H and O–H groups in total. The highest BCUT2D eigenvalue weighted by atomic mass is 79.9. The van der Waals surface area contributed by atoms with E-state index in [-0.39, 0.29) is 41.4 Å². The Morgan fingerprint density at radius 2 is 1.74 bits per heavy atom. The lowest BCUT2D eigenvalue weighted by Crippen LogP contribution is -2.60. The van der Waals surface area contributed by atoms with Crippen molar-refractivity contribution in [1.29, 1.82) is 0 Å². The van der Waals surface area contributed by atoms with Crippen LogP contribution < -0.4 is 9.64 Å². The van der Waals surface area contributed by atoms with Gasteiger partial charge in [-0.15, -0.1) is 23.2 Å².